The molecule has 0 aliphatic heterocycles. The first-order valence-electron chi connectivity index (χ1n) is 17.7. The van der Waals surface area contributed by atoms with Crippen molar-refractivity contribution in [3.8, 4) is 5.75 Å². The Labute approximate surface area is 327 Å². The molecule has 24 nitrogen and oxygen atoms in total. The van der Waals surface area contributed by atoms with Crippen LogP contribution in [0.2, 0.25) is 0 Å². The minimum atomic E-state index is -1.32. The van der Waals surface area contributed by atoms with Gasteiger partial charge in [0.2, 0.25) is 47.3 Å². The lowest BCUT2D eigenvalue weighted by Crippen LogP contribution is -2.53. The maximum Gasteiger partial charge on any atom is 0.326 e. The maximum atomic E-state index is 12.9. The summed E-state index contributed by atoms with van der Waals surface area (Å²) in [6, 6.07) is 2.10. The van der Waals surface area contributed by atoms with Crippen molar-refractivity contribution < 1.29 is 53.4 Å². The number of amides is 8. The van der Waals surface area contributed by atoms with E-state index < -0.39 is 104 Å². The van der Waals surface area contributed by atoms with Gasteiger partial charge in [-0.3, -0.25) is 43.3 Å². The van der Waals surface area contributed by atoms with Gasteiger partial charge in [0.25, 0.3) is 0 Å². The minimum absolute atomic E-state index is 0.0157. The molecule has 0 aliphatic rings. The molecule has 1 aromatic carbocycles. The number of carbonyl (C=O) groups is 9. The number of aliphatic carboxylic acids is 1. The van der Waals surface area contributed by atoms with Gasteiger partial charge in [0.1, 0.15) is 23.9 Å². The van der Waals surface area contributed by atoms with Gasteiger partial charge in [0.15, 0.2) is 5.96 Å². The molecule has 8 amide bonds. The molecule has 0 spiro atoms. The van der Waals surface area contributed by atoms with Gasteiger partial charge in [-0.05, 0) is 56.3 Å². The first kappa shape index (κ1) is 48.5. The number of nitrogens with zero attached hydrogens (tertiary/aromatic N) is 1. The number of hydrogen-bond donors (Lipinski definition) is 14. The van der Waals surface area contributed by atoms with Crippen molar-refractivity contribution in [2.45, 2.75) is 56.7 Å². The summed E-state index contributed by atoms with van der Waals surface area (Å²) in [6.45, 7) is -2.76. The average Bonchev–Trinajstić information content (AvgIpc) is 3.17. The second kappa shape index (κ2) is 27.1. The van der Waals surface area contributed by atoms with Crippen LogP contribution in [0.1, 0.15) is 37.7 Å². The Morgan fingerprint density at radius 1 is 0.579 bits per heavy atom. The summed E-state index contributed by atoms with van der Waals surface area (Å²) >= 11 is 0. The Hall–Kier alpha value is -6.56. The van der Waals surface area contributed by atoms with Gasteiger partial charge in [-0.2, -0.15) is 0 Å². The number of unbranched alkanes of at least 4 members (excludes halogenated alkanes) is 1. The molecule has 1 rings (SSSR count). The molecule has 24 heteroatoms. The van der Waals surface area contributed by atoms with E-state index in [0.29, 0.717) is 24.9 Å². The van der Waals surface area contributed by atoms with Crippen LogP contribution in [0.25, 0.3) is 0 Å². The second-order valence-corrected chi connectivity index (χ2v) is 12.3. The highest BCUT2D eigenvalue weighted by molar-refractivity contribution is 5.95. The highest BCUT2D eigenvalue weighted by Crippen LogP contribution is 2.11. The van der Waals surface area contributed by atoms with Crippen LogP contribution in [-0.2, 0) is 49.6 Å². The van der Waals surface area contributed by atoms with E-state index in [1.807, 2.05) is 0 Å². The molecule has 0 unspecified atom stereocenters. The minimum Gasteiger partial charge on any atom is -0.508 e. The molecule has 0 bridgehead atoms. The first-order chi connectivity index (χ1) is 27.0. The van der Waals surface area contributed by atoms with E-state index in [0.717, 1.165) is 0 Å². The van der Waals surface area contributed by atoms with Crippen LogP contribution >= 0.6 is 0 Å². The van der Waals surface area contributed by atoms with Crippen LogP contribution in [-0.4, -0.2) is 140 Å². The third kappa shape index (κ3) is 22.4. The van der Waals surface area contributed by atoms with E-state index in [4.69, 9.17) is 22.9 Å². The number of aliphatic imine (C=N–C) groups is 1. The van der Waals surface area contributed by atoms with E-state index in [1.54, 1.807) is 0 Å². The highest BCUT2D eigenvalue weighted by atomic mass is 16.4. The average molecular weight is 808 g/mol. The Morgan fingerprint density at radius 2 is 1.02 bits per heavy atom. The van der Waals surface area contributed by atoms with Crippen molar-refractivity contribution in [3.05, 3.63) is 29.8 Å². The molecule has 316 valence electrons. The molecule has 0 aliphatic carbocycles. The summed E-state index contributed by atoms with van der Waals surface area (Å²) < 4.78 is 0. The molecule has 0 saturated carbocycles. The molecule has 0 saturated heterocycles. The van der Waals surface area contributed by atoms with Crippen molar-refractivity contribution in [1.29, 1.82) is 0 Å². The molecule has 18 N–H and O–H groups in total. The van der Waals surface area contributed by atoms with Gasteiger partial charge in [-0.25, -0.2) is 4.79 Å². The zero-order valence-corrected chi connectivity index (χ0v) is 31.3. The van der Waals surface area contributed by atoms with Crippen LogP contribution in [0, 0.1) is 0 Å². The lowest BCUT2D eigenvalue weighted by molar-refractivity contribution is -0.141. The van der Waals surface area contributed by atoms with E-state index in [-0.39, 0.29) is 50.5 Å². The molecular formula is C33H53N13O11. The number of nitrogens with two attached hydrogens (primary N) is 4. The SMILES string of the molecule is NCCCC[C@H](NC(=O)CNC(=O)CNC(=O)[C@H](CCCN=C(N)N)NC(=O)CNC(=O)CN)C(=O)NCC(=O)NCC(=O)N[C@@H](Cc1ccc(O)cc1)C(=O)O. The van der Waals surface area contributed by atoms with Crippen LogP contribution in [0.15, 0.2) is 29.3 Å². The van der Waals surface area contributed by atoms with Gasteiger partial charge in [-0.1, -0.05) is 12.1 Å². The van der Waals surface area contributed by atoms with Crippen molar-refractivity contribution >= 4 is 59.2 Å². The van der Waals surface area contributed by atoms with Crippen LogP contribution in [0.4, 0.5) is 0 Å². The number of carboxylic acid groups (broad SMARTS) is 1. The smallest absolute Gasteiger partial charge is 0.326 e. The largest absolute Gasteiger partial charge is 0.508 e. The number of aromatic hydroxyl groups is 1. The highest BCUT2D eigenvalue weighted by Gasteiger charge is 2.24. The predicted octanol–water partition coefficient (Wildman–Crippen LogP) is -6.80. The lowest BCUT2D eigenvalue weighted by Gasteiger charge is -2.19. The van der Waals surface area contributed by atoms with Crippen LogP contribution in [0.3, 0.4) is 0 Å². The zero-order chi connectivity index (χ0) is 42.8. The van der Waals surface area contributed by atoms with E-state index in [9.17, 15) is 53.4 Å². The fourth-order valence-electron chi connectivity index (χ4n) is 4.65. The summed E-state index contributed by atoms with van der Waals surface area (Å²) in [5.41, 5.74) is 21.9. The van der Waals surface area contributed by atoms with E-state index in [1.165, 1.54) is 24.3 Å². The van der Waals surface area contributed by atoms with Crippen LogP contribution < -0.4 is 65.5 Å². The maximum absolute atomic E-state index is 12.9. The number of hydrogen-bond acceptors (Lipinski definition) is 13. The summed E-state index contributed by atoms with van der Waals surface area (Å²) in [6.07, 6.45) is 1.27. The molecule has 57 heavy (non-hydrogen) atoms. The summed E-state index contributed by atoms with van der Waals surface area (Å²) in [7, 11) is 0. The van der Waals surface area contributed by atoms with E-state index in [2.05, 4.69) is 47.5 Å². The molecular weight excluding hydrogens is 754 g/mol. The van der Waals surface area contributed by atoms with Gasteiger partial charge in [0.05, 0.1) is 39.3 Å². The normalized spacial score (nSPS) is 12.0. The van der Waals surface area contributed by atoms with Crippen LogP contribution in [0.5, 0.6) is 5.75 Å². The van der Waals surface area contributed by atoms with E-state index >= 15 is 0 Å². The molecule has 0 radical (unpaired) electrons. The zero-order valence-electron chi connectivity index (χ0n) is 31.3. The van der Waals surface area contributed by atoms with Crippen molar-refractivity contribution in [2.24, 2.45) is 27.9 Å². The molecule has 0 fully saturated rings. The number of phenolic OH excluding ortho intramolecular Hbond substituents is 1. The number of guanidine groups is 1. The number of rotatable bonds is 27. The third-order valence-electron chi connectivity index (χ3n) is 7.58. The topological polar surface area (TPSA) is 407 Å². The standard InChI is InChI=1S/C33H53N13O11/c34-10-2-1-4-21(30(54)42-14-26(50)41-18-29(53)46-23(32(56)57)12-19-6-8-20(47)9-7-19)44-28(52)17-40-25(49)15-43-31(55)22(5-3-11-38-33(36)37)45-27(51)16-39-24(48)13-35/h6-9,21-23,47H,1-5,10-18,34-35H2,(H,39,48)(H,40,49)(H,41,50)(H,42,54)(H,43,55)(H,44,52)(H,45,51)(H,46,53)(H,56,57)(H4,36,37,38)/t21-,22-,23-/m0/s1. The summed E-state index contributed by atoms with van der Waals surface area (Å²) in [5, 5.41) is 37.5. The molecule has 0 aromatic heterocycles. The lowest BCUT2D eigenvalue weighted by atomic mass is 10.1. The summed E-state index contributed by atoms with van der Waals surface area (Å²) in [5.74, 6) is -7.50. The monoisotopic (exact) mass is 807 g/mol. The Kier molecular flexibility index (Phi) is 23.0. The van der Waals surface area contributed by atoms with Gasteiger partial charge < -0.3 is 75.7 Å². The number of carboxylic acids is 1. The molecule has 1 aromatic rings. The van der Waals surface area contributed by atoms with Gasteiger partial charge >= 0.3 is 5.97 Å². The quantitative estimate of drug-likeness (QED) is 0.0223. The molecule has 0 heterocycles. The number of nitrogens with one attached hydrogen (secondary N) is 8. The molecule has 3 atom stereocenters. The number of carbonyl (C=O) groups excluding carboxylic acids is 8. The predicted molar refractivity (Wildman–Crippen MR) is 202 cm³/mol. The third-order valence-corrected chi connectivity index (χ3v) is 7.58. The van der Waals surface area contributed by atoms with Crippen molar-refractivity contribution in [3.63, 3.8) is 0 Å². The van der Waals surface area contributed by atoms with Gasteiger partial charge in [0, 0.05) is 13.0 Å². The number of phenols is 1. The second-order valence-electron chi connectivity index (χ2n) is 12.3. The summed E-state index contributed by atoms with van der Waals surface area (Å²) in [4.78, 5) is 115. The van der Waals surface area contributed by atoms with Crippen molar-refractivity contribution in [1.82, 2.24) is 42.5 Å². The Bertz CT molecular complexity index is 1570. The van der Waals surface area contributed by atoms with Crippen molar-refractivity contribution in [2.75, 3.05) is 52.4 Å². The van der Waals surface area contributed by atoms with Gasteiger partial charge in [-0.15, -0.1) is 0 Å². The first-order valence-corrected chi connectivity index (χ1v) is 17.7. The fourth-order valence-corrected chi connectivity index (χ4v) is 4.65. The Morgan fingerprint density at radius 3 is 1.46 bits per heavy atom. The Balaban J connectivity index is 2.63. The fraction of sp³-hybridized carbons (Fsp3) is 0.515. The number of benzene rings is 1.